The number of fused-ring (bicyclic) bond motifs is 2. The molecule has 1 saturated carbocycles. The van der Waals surface area contributed by atoms with Crippen molar-refractivity contribution in [3.8, 4) is 0 Å². The number of carbonyl (C=O) groups is 1. The average molecular weight is 198 g/mol. The molecule has 15 heavy (non-hydrogen) atoms. The minimum atomic E-state index is 0.213. The summed E-state index contributed by atoms with van der Waals surface area (Å²) in [5.74, 6) is 1.15. The lowest BCUT2D eigenvalue weighted by molar-refractivity contribution is -0.124. The summed E-state index contributed by atoms with van der Waals surface area (Å²) in [7, 11) is 0. The fourth-order valence-electron chi connectivity index (χ4n) is 2.80. The molecule has 0 amide bonds. The highest BCUT2D eigenvalue weighted by Crippen LogP contribution is 2.42. The summed E-state index contributed by atoms with van der Waals surface area (Å²) >= 11 is 0. The zero-order valence-electron chi connectivity index (χ0n) is 8.65. The van der Waals surface area contributed by atoms with E-state index in [2.05, 4.69) is 30.3 Å². The third-order valence-electron chi connectivity index (χ3n) is 3.61. The lowest BCUT2D eigenvalue weighted by Crippen LogP contribution is -2.29. The minimum Gasteiger partial charge on any atom is -0.299 e. The number of allylic oxidation sites excluding steroid dienone is 2. The molecule has 1 heteroatoms. The lowest BCUT2D eigenvalue weighted by atomic mass is 9.69. The number of hydrogen-bond acceptors (Lipinski definition) is 1. The van der Waals surface area contributed by atoms with Crippen LogP contribution in [0.4, 0.5) is 0 Å². The van der Waals surface area contributed by atoms with Crippen molar-refractivity contribution in [3.05, 3.63) is 42.0 Å². The fraction of sp³-hybridized carbons (Fsp3) is 0.357. The van der Waals surface area contributed by atoms with Crippen LogP contribution in [0.3, 0.4) is 0 Å². The molecular weight excluding hydrogens is 184 g/mol. The topological polar surface area (TPSA) is 17.1 Å². The monoisotopic (exact) mass is 198 g/mol. The second-order valence-electron chi connectivity index (χ2n) is 4.54. The van der Waals surface area contributed by atoms with Crippen molar-refractivity contribution in [3.63, 3.8) is 0 Å². The molecule has 0 heterocycles. The van der Waals surface area contributed by atoms with E-state index in [1.807, 2.05) is 6.07 Å². The van der Waals surface area contributed by atoms with Gasteiger partial charge < -0.3 is 0 Å². The van der Waals surface area contributed by atoms with Crippen LogP contribution in [-0.2, 0) is 4.79 Å². The van der Waals surface area contributed by atoms with E-state index in [4.69, 9.17) is 0 Å². The van der Waals surface area contributed by atoms with Gasteiger partial charge >= 0.3 is 0 Å². The Morgan fingerprint density at radius 1 is 1.07 bits per heavy atom. The predicted octanol–water partition coefficient (Wildman–Crippen LogP) is 3.07. The first kappa shape index (κ1) is 8.90. The Labute approximate surface area is 89.8 Å². The molecule has 0 saturated heterocycles. The van der Waals surface area contributed by atoms with Crippen molar-refractivity contribution in [1.29, 1.82) is 0 Å². The van der Waals surface area contributed by atoms with Gasteiger partial charge in [-0.1, -0.05) is 36.4 Å². The Balaban J connectivity index is 2.02. The van der Waals surface area contributed by atoms with Crippen molar-refractivity contribution < 1.29 is 4.79 Å². The summed E-state index contributed by atoms with van der Waals surface area (Å²) in [5, 5.41) is 0. The highest BCUT2D eigenvalue weighted by atomic mass is 16.1. The molecule has 0 aromatic heterocycles. The summed E-state index contributed by atoms with van der Waals surface area (Å²) in [4.78, 5) is 11.6. The maximum Gasteiger partial charge on any atom is 0.140 e. The van der Waals surface area contributed by atoms with E-state index >= 15 is 0 Å². The van der Waals surface area contributed by atoms with Crippen LogP contribution in [0.15, 0.2) is 36.4 Å². The molecule has 1 aromatic rings. The average Bonchev–Trinajstić information content (AvgIpc) is 2.31. The summed E-state index contributed by atoms with van der Waals surface area (Å²) in [6.07, 6.45) is 5.23. The van der Waals surface area contributed by atoms with Gasteiger partial charge in [-0.15, -0.1) is 0 Å². The Kier molecular flexibility index (Phi) is 1.98. The van der Waals surface area contributed by atoms with Gasteiger partial charge in [0.2, 0.25) is 0 Å². The molecular formula is C14H14O. The van der Waals surface area contributed by atoms with Crippen LogP contribution in [0.2, 0.25) is 0 Å². The van der Waals surface area contributed by atoms with Crippen LogP contribution in [-0.4, -0.2) is 5.78 Å². The third kappa shape index (κ3) is 1.43. The van der Waals surface area contributed by atoms with Crippen LogP contribution in [0.25, 0.3) is 5.57 Å². The third-order valence-corrected chi connectivity index (χ3v) is 3.61. The molecule has 3 aliphatic rings. The van der Waals surface area contributed by atoms with Crippen molar-refractivity contribution >= 4 is 11.4 Å². The van der Waals surface area contributed by atoms with Gasteiger partial charge in [0.05, 0.1) is 0 Å². The molecule has 1 fully saturated rings. The van der Waals surface area contributed by atoms with Crippen LogP contribution < -0.4 is 0 Å². The summed E-state index contributed by atoms with van der Waals surface area (Å²) in [6, 6.07) is 10.5. The van der Waals surface area contributed by atoms with Crippen LogP contribution in [0.5, 0.6) is 0 Å². The molecule has 2 unspecified atom stereocenters. The predicted molar refractivity (Wildman–Crippen MR) is 60.3 cm³/mol. The molecule has 0 N–H and O–H groups in total. The number of rotatable bonds is 1. The van der Waals surface area contributed by atoms with Gasteiger partial charge in [-0.3, -0.25) is 4.79 Å². The van der Waals surface area contributed by atoms with E-state index in [1.54, 1.807) is 0 Å². The lowest BCUT2D eigenvalue weighted by Gasteiger charge is -2.34. The first-order valence-corrected chi connectivity index (χ1v) is 5.64. The largest absolute Gasteiger partial charge is 0.299 e. The van der Waals surface area contributed by atoms with E-state index in [-0.39, 0.29) is 5.92 Å². The number of benzene rings is 1. The standard InChI is InChI=1S/C14H14O/c15-14-9-11-6-7-12(14)8-13(11)10-4-2-1-3-5-10/h1-5,8,11-12H,6-7,9H2. The molecule has 1 nitrogen and oxygen atoms in total. The number of Topliss-reactive ketones (excluding diaryl/α,β-unsaturated/α-hetero) is 1. The van der Waals surface area contributed by atoms with E-state index in [1.165, 1.54) is 17.6 Å². The molecule has 4 rings (SSSR count). The number of carbonyl (C=O) groups excluding carboxylic acids is 1. The molecule has 2 bridgehead atoms. The SMILES string of the molecule is O=C1CC2CCC1C=C2c1ccccc1. The summed E-state index contributed by atoms with van der Waals surface area (Å²) < 4.78 is 0. The van der Waals surface area contributed by atoms with Gasteiger partial charge in [0, 0.05) is 12.3 Å². The Morgan fingerprint density at radius 3 is 2.47 bits per heavy atom. The Morgan fingerprint density at radius 2 is 1.87 bits per heavy atom. The van der Waals surface area contributed by atoms with Crippen LogP contribution in [0, 0.1) is 11.8 Å². The summed E-state index contributed by atoms with van der Waals surface area (Å²) in [6.45, 7) is 0. The minimum absolute atomic E-state index is 0.213. The van der Waals surface area contributed by atoms with Gasteiger partial charge in [0.25, 0.3) is 0 Å². The van der Waals surface area contributed by atoms with Gasteiger partial charge in [-0.2, -0.15) is 0 Å². The molecule has 0 spiro atoms. The normalized spacial score (nSPS) is 29.1. The highest BCUT2D eigenvalue weighted by molar-refractivity contribution is 5.91. The van der Waals surface area contributed by atoms with Gasteiger partial charge in [-0.25, -0.2) is 0 Å². The molecule has 76 valence electrons. The maximum absolute atomic E-state index is 11.6. The smallest absolute Gasteiger partial charge is 0.140 e. The molecule has 0 aliphatic heterocycles. The summed E-state index contributed by atoms with van der Waals surface area (Å²) in [5.41, 5.74) is 2.71. The first-order valence-electron chi connectivity index (χ1n) is 5.64. The van der Waals surface area contributed by atoms with E-state index < -0.39 is 0 Å². The van der Waals surface area contributed by atoms with E-state index in [0.29, 0.717) is 11.7 Å². The van der Waals surface area contributed by atoms with Gasteiger partial charge in [-0.05, 0) is 29.9 Å². The van der Waals surface area contributed by atoms with Crippen molar-refractivity contribution in [2.75, 3.05) is 0 Å². The molecule has 0 radical (unpaired) electrons. The number of hydrogen-bond donors (Lipinski definition) is 0. The maximum atomic E-state index is 11.6. The van der Waals surface area contributed by atoms with Crippen LogP contribution >= 0.6 is 0 Å². The van der Waals surface area contributed by atoms with Crippen molar-refractivity contribution in [2.45, 2.75) is 19.3 Å². The Hall–Kier alpha value is -1.37. The Bertz CT molecular complexity index is 416. The molecule has 3 aliphatic carbocycles. The fourth-order valence-corrected chi connectivity index (χ4v) is 2.80. The van der Waals surface area contributed by atoms with Gasteiger partial charge in [0.1, 0.15) is 5.78 Å². The molecule has 2 atom stereocenters. The second kappa shape index (κ2) is 3.34. The zero-order valence-corrected chi connectivity index (χ0v) is 8.65. The van der Waals surface area contributed by atoms with Crippen molar-refractivity contribution in [1.82, 2.24) is 0 Å². The van der Waals surface area contributed by atoms with Gasteiger partial charge in [0.15, 0.2) is 0 Å². The number of ketones is 1. The second-order valence-corrected chi connectivity index (χ2v) is 4.54. The first-order chi connectivity index (χ1) is 7.34. The van der Waals surface area contributed by atoms with Crippen molar-refractivity contribution in [2.24, 2.45) is 11.8 Å². The molecule has 1 aromatic carbocycles. The quantitative estimate of drug-likeness (QED) is 0.677. The highest BCUT2D eigenvalue weighted by Gasteiger charge is 2.35. The zero-order chi connectivity index (χ0) is 10.3. The van der Waals surface area contributed by atoms with Crippen LogP contribution in [0.1, 0.15) is 24.8 Å². The van der Waals surface area contributed by atoms with E-state index in [9.17, 15) is 4.79 Å². The van der Waals surface area contributed by atoms with E-state index in [0.717, 1.165) is 12.8 Å².